The van der Waals surface area contributed by atoms with Crippen LogP contribution >= 0.6 is 0 Å². The van der Waals surface area contributed by atoms with Gasteiger partial charge in [-0.15, -0.1) is 0 Å². The van der Waals surface area contributed by atoms with Crippen molar-refractivity contribution in [2.24, 2.45) is 11.1 Å². The summed E-state index contributed by atoms with van der Waals surface area (Å²) >= 11 is 0. The Morgan fingerprint density at radius 2 is 1.64 bits per heavy atom. The zero-order chi connectivity index (χ0) is 32.0. The summed E-state index contributed by atoms with van der Waals surface area (Å²) in [7, 11) is 3.10. The standard InChI is InChI=1S/C16H22N4O.C8H15NO3.C7H8.C2H6/c1-18-20(12-15(21)10-17)11-13-5-7-14(8-6-13)16-4-2-3-9-19-16;1-8(2,3)6(5-10)9-7(11)12-4;1-7-5-3-2-4-6-7;1-2/h2-9,15,18,21H,10-12,17H2,1H3;5-6H,1-4H3,(H,9,11);2-6H,1H3;1-2H3. The number of hydrogen-bond acceptors (Lipinski definition) is 8. The maximum absolute atomic E-state index is 10.7. The number of aldehydes is 1. The van der Waals surface area contributed by atoms with E-state index in [1.807, 2.05) is 83.1 Å². The molecule has 1 amide bonds. The molecule has 9 nitrogen and oxygen atoms in total. The van der Waals surface area contributed by atoms with Gasteiger partial charge >= 0.3 is 6.09 Å². The minimum absolute atomic E-state index is 0.261. The fourth-order valence-corrected chi connectivity index (χ4v) is 3.27. The summed E-state index contributed by atoms with van der Waals surface area (Å²) < 4.78 is 4.37. The Bertz CT molecular complexity index is 1090. The van der Waals surface area contributed by atoms with Crippen LogP contribution in [0.2, 0.25) is 0 Å². The molecule has 3 rings (SSSR count). The van der Waals surface area contributed by atoms with Gasteiger partial charge in [0.1, 0.15) is 6.29 Å². The van der Waals surface area contributed by atoms with E-state index in [9.17, 15) is 14.7 Å². The van der Waals surface area contributed by atoms with Crippen LogP contribution in [0.25, 0.3) is 11.3 Å². The molecule has 232 valence electrons. The highest BCUT2D eigenvalue weighted by molar-refractivity contribution is 5.73. The number of aryl methyl sites for hydroxylation is 1. The van der Waals surface area contributed by atoms with Crippen LogP contribution in [-0.2, 0) is 16.1 Å². The number of hydrazine groups is 1. The molecule has 0 spiro atoms. The summed E-state index contributed by atoms with van der Waals surface area (Å²) in [6.07, 6.45) is 1.39. The van der Waals surface area contributed by atoms with E-state index in [2.05, 4.69) is 63.8 Å². The van der Waals surface area contributed by atoms with Crippen LogP contribution in [0.15, 0.2) is 79.0 Å². The summed E-state index contributed by atoms with van der Waals surface area (Å²) in [5.41, 5.74) is 12.8. The minimum atomic E-state index is -0.581. The molecule has 5 N–H and O–H groups in total. The molecular formula is C33H51N5O4. The first kappa shape index (κ1) is 38.4. The Balaban J connectivity index is 0.000000672. The lowest BCUT2D eigenvalue weighted by molar-refractivity contribution is -0.111. The molecule has 1 heterocycles. The third-order valence-corrected chi connectivity index (χ3v) is 5.78. The molecule has 2 atom stereocenters. The summed E-state index contributed by atoms with van der Waals surface area (Å²) in [6.45, 7) is 13.1. The lowest BCUT2D eigenvalue weighted by atomic mass is 9.88. The monoisotopic (exact) mass is 581 g/mol. The lowest BCUT2D eigenvalue weighted by Gasteiger charge is -2.25. The number of nitrogens with zero attached hydrogens (tertiary/aromatic N) is 2. The number of pyridine rings is 1. The van der Waals surface area contributed by atoms with E-state index in [0.717, 1.165) is 16.8 Å². The van der Waals surface area contributed by atoms with Crippen molar-refractivity contribution < 1.29 is 19.4 Å². The summed E-state index contributed by atoms with van der Waals surface area (Å²) in [5.74, 6) is 0. The van der Waals surface area contributed by atoms with Crippen molar-refractivity contribution in [1.29, 1.82) is 0 Å². The predicted molar refractivity (Wildman–Crippen MR) is 172 cm³/mol. The molecule has 0 bridgehead atoms. The molecule has 0 saturated heterocycles. The predicted octanol–water partition coefficient (Wildman–Crippen LogP) is 4.98. The van der Waals surface area contributed by atoms with Crippen molar-refractivity contribution in [3.05, 3.63) is 90.1 Å². The number of hydrogen-bond donors (Lipinski definition) is 4. The quantitative estimate of drug-likeness (QED) is 0.206. The largest absolute Gasteiger partial charge is 0.453 e. The normalized spacial score (nSPS) is 11.7. The maximum Gasteiger partial charge on any atom is 0.407 e. The smallest absolute Gasteiger partial charge is 0.407 e. The number of aromatic nitrogens is 1. The van der Waals surface area contributed by atoms with E-state index in [1.165, 1.54) is 12.7 Å². The number of carbonyl (C=O) groups excluding carboxylic acids is 2. The van der Waals surface area contributed by atoms with Crippen LogP contribution in [0, 0.1) is 12.3 Å². The van der Waals surface area contributed by atoms with Gasteiger partial charge in [-0.1, -0.05) is 101 Å². The molecule has 2 aromatic carbocycles. The van der Waals surface area contributed by atoms with Crippen LogP contribution in [0.1, 0.15) is 45.7 Å². The summed E-state index contributed by atoms with van der Waals surface area (Å²) in [6, 6.07) is 23.9. The SMILES string of the molecule is CC.CNN(Cc1ccc(-c2ccccn2)cc1)CC(O)CN.COC(=O)NC(C=O)C(C)(C)C.Cc1ccccc1. The number of nitrogens with one attached hydrogen (secondary N) is 2. The first-order chi connectivity index (χ1) is 20.0. The number of rotatable bonds is 9. The number of amides is 1. The molecular weight excluding hydrogens is 530 g/mol. The van der Waals surface area contributed by atoms with Crippen molar-refractivity contribution >= 4 is 12.4 Å². The first-order valence-corrected chi connectivity index (χ1v) is 14.2. The Kier molecular flexibility index (Phi) is 20.1. The third kappa shape index (κ3) is 16.6. The number of alkyl carbamates (subject to hydrolysis) is 1. The van der Waals surface area contributed by atoms with Gasteiger partial charge in [0.25, 0.3) is 0 Å². The Morgan fingerprint density at radius 3 is 2.05 bits per heavy atom. The Hall–Kier alpha value is -3.63. The molecule has 2 unspecified atom stereocenters. The lowest BCUT2D eigenvalue weighted by Crippen LogP contribution is -2.44. The number of ether oxygens (including phenoxy) is 1. The Labute approximate surface area is 252 Å². The van der Waals surface area contributed by atoms with Gasteiger partial charge in [-0.25, -0.2) is 9.80 Å². The van der Waals surface area contributed by atoms with Gasteiger partial charge in [0.15, 0.2) is 0 Å². The molecule has 3 aromatic rings. The molecule has 0 saturated carbocycles. The zero-order valence-electron chi connectivity index (χ0n) is 26.5. The summed E-state index contributed by atoms with van der Waals surface area (Å²) in [5, 5.41) is 14.0. The van der Waals surface area contributed by atoms with Crippen molar-refractivity contribution in [1.82, 2.24) is 20.7 Å². The van der Waals surface area contributed by atoms with Gasteiger partial charge in [-0.3, -0.25) is 10.4 Å². The van der Waals surface area contributed by atoms with Crippen LogP contribution in [0.3, 0.4) is 0 Å². The molecule has 0 aliphatic heterocycles. The molecule has 0 radical (unpaired) electrons. The molecule has 1 aromatic heterocycles. The number of methoxy groups -OCH3 is 1. The fraction of sp³-hybridized carbons (Fsp3) is 0.424. The highest BCUT2D eigenvalue weighted by Gasteiger charge is 2.25. The van der Waals surface area contributed by atoms with Gasteiger partial charge < -0.3 is 25.7 Å². The minimum Gasteiger partial charge on any atom is -0.453 e. The average Bonchev–Trinajstić information content (AvgIpc) is 3.01. The van der Waals surface area contributed by atoms with Gasteiger partial charge in [0.2, 0.25) is 0 Å². The molecule has 0 aliphatic rings. The number of benzene rings is 2. The van der Waals surface area contributed by atoms with Crippen molar-refractivity contribution in [3.63, 3.8) is 0 Å². The molecule has 42 heavy (non-hydrogen) atoms. The van der Waals surface area contributed by atoms with E-state index in [1.54, 1.807) is 6.20 Å². The number of carbonyl (C=O) groups is 2. The van der Waals surface area contributed by atoms with Crippen LogP contribution in [-0.4, -0.2) is 66.9 Å². The van der Waals surface area contributed by atoms with Crippen molar-refractivity contribution in [2.45, 2.75) is 60.2 Å². The molecule has 9 heteroatoms. The molecule has 0 aliphatic carbocycles. The number of aliphatic hydroxyl groups excluding tert-OH is 1. The van der Waals surface area contributed by atoms with E-state index in [0.29, 0.717) is 19.4 Å². The van der Waals surface area contributed by atoms with Crippen LogP contribution in [0.4, 0.5) is 4.79 Å². The first-order valence-electron chi connectivity index (χ1n) is 14.2. The van der Waals surface area contributed by atoms with E-state index >= 15 is 0 Å². The topological polar surface area (TPSA) is 130 Å². The van der Waals surface area contributed by atoms with Gasteiger partial charge in [0, 0.05) is 31.4 Å². The van der Waals surface area contributed by atoms with Gasteiger partial charge in [0.05, 0.1) is 24.9 Å². The molecule has 0 fully saturated rings. The van der Waals surface area contributed by atoms with Crippen LogP contribution < -0.4 is 16.5 Å². The van der Waals surface area contributed by atoms with Crippen LogP contribution in [0.5, 0.6) is 0 Å². The fourth-order valence-electron chi connectivity index (χ4n) is 3.27. The summed E-state index contributed by atoms with van der Waals surface area (Å²) in [4.78, 5) is 25.6. The average molecular weight is 582 g/mol. The van der Waals surface area contributed by atoms with E-state index in [-0.39, 0.29) is 12.0 Å². The third-order valence-electron chi connectivity index (χ3n) is 5.78. The highest BCUT2D eigenvalue weighted by atomic mass is 16.5. The van der Waals surface area contributed by atoms with E-state index < -0.39 is 18.2 Å². The zero-order valence-corrected chi connectivity index (χ0v) is 26.5. The Morgan fingerprint density at radius 1 is 1.05 bits per heavy atom. The van der Waals surface area contributed by atoms with Gasteiger partial charge in [-0.2, -0.15) is 0 Å². The van der Waals surface area contributed by atoms with E-state index in [4.69, 9.17) is 5.73 Å². The second-order valence-electron chi connectivity index (χ2n) is 10.2. The highest BCUT2D eigenvalue weighted by Crippen LogP contribution is 2.18. The van der Waals surface area contributed by atoms with Crippen molar-refractivity contribution in [3.8, 4) is 11.3 Å². The number of nitrogens with two attached hydrogens (primary N) is 1. The second kappa shape index (κ2) is 22.0. The van der Waals surface area contributed by atoms with Crippen molar-refractivity contribution in [2.75, 3.05) is 27.2 Å². The maximum atomic E-state index is 10.7. The second-order valence-corrected chi connectivity index (χ2v) is 10.2. The number of aliphatic hydroxyl groups is 1. The van der Waals surface area contributed by atoms with Gasteiger partial charge in [-0.05, 0) is 37.1 Å².